The maximum absolute atomic E-state index is 14.5. The molecule has 144 valence electrons. The van der Waals surface area contributed by atoms with Crippen molar-refractivity contribution in [3.8, 4) is 0 Å². The number of nitrogens with one attached hydrogen (secondary N) is 2. The second kappa shape index (κ2) is 8.70. The van der Waals surface area contributed by atoms with Gasteiger partial charge in [0.1, 0.15) is 10.8 Å². The average molecular weight is 384 g/mol. The molecule has 2 rings (SSSR count). The fourth-order valence-corrected chi connectivity index (χ4v) is 3.68. The third-order valence-corrected chi connectivity index (χ3v) is 5.37. The maximum atomic E-state index is 14.5. The summed E-state index contributed by atoms with van der Waals surface area (Å²) in [5, 5.41) is 4.40. The van der Waals surface area contributed by atoms with Crippen LogP contribution in [0.1, 0.15) is 26.3 Å². The molecule has 1 heterocycles. The number of primary amides is 1. The number of urea groups is 1. The van der Waals surface area contributed by atoms with Gasteiger partial charge in [0, 0.05) is 6.54 Å². The van der Waals surface area contributed by atoms with E-state index in [2.05, 4.69) is 10.6 Å². The molecule has 0 bridgehead atoms. The van der Waals surface area contributed by atoms with E-state index in [0.29, 0.717) is 23.0 Å². The molecule has 0 saturated carbocycles. The third-order valence-electron chi connectivity index (χ3n) is 4.16. The molecule has 7 nitrogen and oxygen atoms in total. The SMILES string of the molecule is CC(C)CNC(=O)NC1SN(F)C(OCc2ccccc2)C1(C)C(N)=O. The minimum absolute atomic E-state index is 0.113. The topological polar surface area (TPSA) is 96.7 Å². The second-order valence-corrected chi connectivity index (χ2v) is 7.83. The predicted octanol–water partition coefficient (Wildman–Crippen LogP) is 2.15. The molecule has 1 aliphatic rings. The quantitative estimate of drug-likeness (QED) is 0.494. The number of nitrogens with two attached hydrogens (primary N) is 1. The van der Waals surface area contributed by atoms with Crippen LogP contribution in [-0.4, -0.2) is 34.6 Å². The molecule has 0 aromatic heterocycles. The van der Waals surface area contributed by atoms with Crippen molar-refractivity contribution < 1.29 is 18.8 Å². The van der Waals surface area contributed by atoms with Crippen LogP contribution in [0.5, 0.6) is 0 Å². The number of amides is 3. The van der Waals surface area contributed by atoms with Gasteiger partial charge in [0.2, 0.25) is 5.91 Å². The highest BCUT2D eigenvalue weighted by molar-refractivity contribution is 7.97. The Morgan fingerprint density at radius 2 is 2.04 bits per heavy atom. The van der Waals surface area contributed by atoms with Crippen molar-refractivity contribution in [1.82, 2.24) is 15.2 Å². The van der Waals surface area contributed by atoms with Crippen LogP contribution in [0.4, 0.5) is 9.28 Å². The number of nitrogens with zero attached hydrogens (tertiary/aromatic N) is 1. The Kier molecular flexibility index (Phi) is 6.85. The summed E-state index contributed by atoms with van der Waals surface area (Å²) < 4.78 is 20.4. The molecule has 1 aromatic rings. The van der Waals surface area contributed by atoms with Crippen LogP contribution in [0.3, 0.4) is 0 Å². The highest BCUT2D eigenvalue weighted by Gasteiger charge is 2.58. The Hall–Kier alpha value is -1.84. The van der Waals surface area contributed by atoms with Crippen LogP contribution in [0.2, 0.25) is 0 Å². The zero-order valence-corrected chi connectivity index (χ0v) is 15.9. The third kappa shape index (κ3) is 4.66. The van der Waals surface area contributed by atoms with Gasteiger partial charge in [-0.2, -0.15) is 0 Å². The molecule has 0 radical (unpaired) electrons. The average Bonchev–Trinajstić information content (AvgIpc) is 2.83. The van der Waals surface area contributed by atoms with Gasteiger partial charge in [0.05, 0.1) is 6.61 Å². The van der Waals surface area contributed by atoms with E-state index in [1.54, 1.807) is 0 Å². The second-order valence-electron chi connectivity index (χ2n) is 6.80. The van der Waals surface area contributed by atoms with Gasteiger partial charge < -0.3 is 21.1 Å². The lowest BCUT2D eigenvalue weighted by atomic mass is 9.87. The fourth-order valence-electron chi connectivity index (χ4n) is 2.48. The van der Waals surface area contributed by atoms with Gasteiger partial charge in [-0.3, -0.25) is 4.79 Å². The van der Waals surface area contributed by atoms with E-state index in [1.807, 2.05) is 44.2 Å². The minimum Gasteiger partial charge on any atom is -0.369 e. The summed E-state index contributed by atoms with van der Waals surface area (Å²) in [6.07, 6.45) is -1.22. The normalized spacial score (nSPS) is 26.0. The van der Waals surface area contributed by atoms with Gasteiger partial charge in [-0.25, -0.2) is 4.79 Å². The molecule has 9 heteroatoms. The molecule has 3 atom stereocenters. The van der Waals surface area contributed by atoms with E-state index in [0.717, 1.165) is 5.56 Å². The van der Waals surface area contributed by atoms with Gasteiger partial charge in [-0.05, 0) is 30.4 Å². The van der Waals surface area contributed by atoms with Crippen LogP contribution >= 0.6 is 11.9 Å². The summed E-state index contributed by atoms with van der Waals surface area (Å²) >= 11 is 0.676. The summed E-state index contributed by atoms with van der Waals surface area (Å²) in [6.45, 7) is 5.97. The van der Waals surface area contributed by atoms with Crippen LogP contribution in [-0.2, 0) is 16.1 Å². The van der Waals surface area contributed by atoms with Crippen LogP contribution in [0.25, 0.3) is 0 Å². The molecule has 1 aromatic carbocycles. The number of ether oxygens (including phenoxy) is 1. The largest absolute Gasteiger partial charge is 0.369 e. The van der Waals surface area contributed by atoms with Crippen LogP contribution in [0, 0.1) is 11.3 Å². The minimum atomic E-state index is -1.44. The highest BCUT2D eigenvalue weighted by atomic mass is 32.2. The van der Waals surface area contributed by atoms with E-state index in [4.69, 9.17) is 10.5 Å². The summed E-state index contributed by atoms with van der Waals surface area (Å²) in [7, 11) is 0. The Labute approximate surface area is 156 Å². The standard InChI is InChI=1S/C17H25FN4O3S/c1-11(2)9-20-16(24)21-14-17(3,13(19)23)15(22(18)26-14)25-10-12-7-5-4-6-8-12/h4-8,11,14-15H,9-10H2,1-3H3,(H2,19,23)(H2,20,21,24). The smallest absolute Gasteiger partial charge is 0.315 e. The van der Waals surface area contributed by atoms with E-state index >= 15 is 0 Å². The number of rotatable bonds is 7. The number of carbonyl (C=O) groups excluding carboxylic acids is 2. The first-order valence-electron chi connectivity index (χ1n) is 8.36. The molecule has 3 unspecified atom stereocenters. The van der Waals surface area contributed by atoms with Gasteiger partial charge in [0.25, 0.3) is 0 Å². The van der Waals surface area contributed by atoms with Crippen molar-refractivity contribution in [2.75, 3.05) is 6.54 Å². The molecule has 3 amide bonds. The molecular weight excluding hydrogens is 359 g/mol. The maximum Gasteiger partial charge on any atom is 0.315 e. The fraction of sp³-hybridized carbons (Fsp3) is 0.529. The van der Waals surface area contributed by atoms with Gasteiger partial charge >= 0.3 is 6.03 Å². The summed E-state index contributed by atoms with van der Waals surface area (Å²) in [6, 6.07) is 8.72. The molecule has 1 aliphatic heterocycles. The van der Waals surface area contributed by atoms with Crippen molar-refractivity contribution in [3.05, 3.63) is 35.9 Å². The summed E-state index contributed by atoms with van der Waals surface area (Å²) in [4.78, 5) is 24.1. The monoisotopic (exact) mass is 384 g/mol. The van der Waals surface area contributed by atoms with Crippen molar-refractivity contribution in [2.24, 2.45) is 17.1 Å². The lowest BCUT2D eigenvalue weighted by Gasteiger charge is -2.31. The lowest BCUT2D eigenvalue weighted by molar-refractivity contribution is -0.163. The molecule has 1 saturated heterocycles. The first kappa shape index (κ1) is 20.5. The Morgan fingerprint density at radius 1 is 1.38 bits per heavy atom. The molecule has 1 fully saturated rings. The predicted molar refractivity (Wildman–Crippen MR) is 98.0 cm³/mol. The van der Waals surface area contributed by atoms with E-state index in [9.17, 15) is 14.1 Å². The van der Waals surface area contributed by atoms with Crippen LogP contribution in [0.15, 0.2) is 30.3 Å². The first-order valence-corrected chi connectivity index (χ1v) is 9.20. The van der Waals surface area contributed by atoms with Crippen molar-refractivity contribution >= 4 is 23.9 Å². The van der Waals surface area contributed by atoms with Crippen LogP contribution < -0.4 is 16.4 Å². The first-order chi connectivity index (χ1) is 12.2. The van der Waals surface area contributed by atoms with Gasteiger partial charge in [-0.15, -0.1) is 4.48 Å². The molecule has 4 N–H and O–H groups in total. The zero-order chi connectivity index (χ0) is 19.3. The van der Waals surface area contributed by atoms with E-state index in [-0.39, 0.29) is 12.5 Å². The number of hydrogen-bond acceptors (Lipinski definition) is 5. The molecule has 26 heavy (non-hydrogen) atoms. The Balaban J connectivity index is 2.08. The number of carbonyl (C=O) groups is 2. The highest BCUT2D eigenvalue weighted by Crippen LogP contribution is 2.47. The van der Waals surface area contributed by atoms with Crippen molar-refractivity contribution in [2.45, 2.75) is 39.0 Å². The van der Waals surface area contributed by atoms with E-state index in [1.165, 1.54) is 6.92 Å². The summed E-state index contributed by atoms with van der Waals surface area (Å²) in [5.74, 6) is -0.489. The lowest BCUT2D eigenvalue weighted by Crippen LogP contribution is -2.56. The summed E-state index contributed by atoms with van der Waals surface area (Å²) in [5.41, 5.74) is 4.94. The van der Waals surface area contributed by atoms with Crippen molar-refractivity contribution in [1.29, 1.82) is 0 Å². The molecule has 0 spiro atoms. The zero-order valence-electron chi connectivity index (χ0n) is 15.1. The van der Waals surface area contributed by atoms with Gasteiger partial charge in [-0.1, -0.05) is 48.7 Å². The van der Waals surface area contributed by atoms with Gasteiger partial charge in [0.15, 0.2) is 6.23 Å². The Morgan fingerprint density at radius 3 is 2.62 bits per heavy atom. The Bertz CT molecular complexity index is 634. The number of hydrogen-bond donors (Lipinski definition) is 3. The van der Waals surface area contributed by atoms with Crippen molar-refractivity contribution in [3.63, 3.8) is 0 Å². The molecule has 0 aliphatic carbocycles. The molecular formula is C17H25FN4O3S. The number of benzene rings is 1. The van der Waals surface area contributed by atoms with E-state index < -0.39 is 29.0 Å². The number of halogens is 1.